The highest BCUT2D eigenvalue weighted by atomic mass is 16.5. The first-order valence-electron chi connectivity index (χ1n) is 7.57. The van der Waals surface area contributed by atoms with E-state index >= 15 is 0 Å². The summed E-state index contributed by atoms with van der Waals surface area (Å²) in [6.45, 7) is 6.05. The third-order valence-electron chi connectivity index (χ3n) is 3.91. The molecule has 1 aromatic carbocycles. The van der Waals surface area contributed by atoms with Crippen molar-refractivity contribution in [1.82, 2.24) is 15.0 Å². The second-order valence-electron chi connectivity index (χ2n) is 5.63. The zero-order valence-electron chi connectivity index (χ0n) is 12.4. The quantitative estimate of drug-likeness (QED) is 0.681. The van der Waals surface area contributed by atoms with E-state index in [2.05, 4.69) is 20.3 Å². The summed E-state index contributed by atoms with van der Waals surface area (Å²) in [6, 6.07) is 5.56. The van der Waals surface area contributed by atoms with Crippen molar-refractivity contribution >= 4 is 17.0 Å². The molecule has 0 unspecified atom stereocenters. The van der Waals surface area contributed by atoms with Crippen molar-refractivity contribution in [2.75, 3.05) is 31.5 Å². The minimum atomic E-state index is 0.403. The van der Waals surface area contributed by atoms with Crippen molar-refractivity contribution < 1.29 is 4.85 Å². The molecule has 1 aromatic heterocycles. The van der Waals surface area contributed by atoms with Crippen LogP contribution in [0.4, 0.5) is 5.95 Å². The molecule has 3 rings (SSSR count). The van der Waals surface area contributed by atoms with Crippen molar-refractivity contribution in [2.45, 2.75) is 26.2 Å². The Kier molecular flexibility index (Phi) is 4.15. The number of hydrogen-bond donors (Lipinski definition) is 1. The number of nitrogens with one attached hydrogen (secondary N) is 1. The van der Waals surface area contributed by atoms with Gasteiger partial charge >= 0.3 is 0 Å². The van der Waals surface area contributed by atoms with Gasteiger partial charge < -0.3 is 15.4 Å². The van der Waals surface area contributed by atoms with E-state index in [4.69, 9.17) is 0 Å². The van der Waals surface area contributed by atoms with Crippen LogP contribution in [0.3, 0.4) is 0 Å². The van der Waals surface area contributed by atoms with Crippen LogP contribution in [-0.4, -0.2) is 41.2 Å². The Morgan fingerprint density at radius 1 is 1.29 bits per heavy atom. The Balaban J connectivity index is 1.66. The fourth-order valence-electron chi connectivity index (χ4n) is 2.74. The van der Waals surface area contributed by atoms with Gasteiger partial charge in [0.25, 0.3) is 11.5 Å². The summed E-state index contributed by atoms with van der Waals surface area (Å²) in [5.74, 6) is 0.403. The summed E-state index contributed by atoms with van der Waals surface area (Å²) in [5.41, 5.74) is 2.27. The zero-order chi connectivity index (χ0) is 14.7. The number of hydrogen-bond acceptors (Lipinski definition) is 5. The summed E-state index contributed by atoms with van der Waals surface area (Å²) < 4.78 is 0. The maximum Gasteiger partial charge on any atom is 0.290 e. The van der Waals surface area contributed by atoms with Gasteiger partial charge in [-0.15, -0.1) is 0 Å². The molecule has 21 heavy (non-hydrogen) atoms. The van der Waals surface area contributed by atoms with Crippen LogP contribution in [0, 0.1) is 12.1 Å². The molecule has 0 radical (unpaired) electrons. The van der Waals surface area contributed by atoms with Crippen LogP contribution < -0.4 is 10.2 Å². The van der Waals surface area contributed by atoms with Crippen LogP contribution in [0.5, 0.6) is 0 Å². The monoisotopic (exact) mass is 287 g/mol. The molecular weight excluding hydrogens is 266 g/mol. The van der Waals surface area contributed by atoms with Gasteiger partial charge in [0.2, 0.25) is 0 Å². The van der Waals surface area contributed by atoms with Crippen molar-refractivity contribution in [3.8, 4) is 0 Å². The first-order chi connectivity index (χ1) is 10.2. The van der Waals surface area contributed by atoms with Gasteiger partial charge in [-0.3, -0.25) is 0 Å². The molecule has 2 aromatic rings. The summed E-state index contributed by atoms with van der Waals surface area (Å²) in [7, 11) is 0. The lowest BCUT2D eigenvalue weighted by Gasteiger charge is -2.26. The van der Waals surface area contributed by atoms with Gasteiger partial charge in [0, 0.05) is 19.2 Å². The number of fused-ring (bicyclic) bond motifs is 1. The number of nitrogens with zero attached hydrogens (tertiary/aromatic N) is 4. The van der Waals surface area contributed by atoms with Crippen molar-refractivity contribution in [3.05, 3.63) is 29.0 Å². The molecular formula is C15H21N5O. The molecule has 0 aliphatic carbocycles. The lowest BCUT2D eigenvalue weighted by Crippen LogP contribution is -2.36. The van der Waals surface area contributed by atoms with Crippen LogP contribution >= 0.6 is 0 Å². The van der Waals surface area contributed by atoms with Gasteiger partial charge in [-0.25, -0.2) is 4.98 Å². The van der Waals surface area contributed by atoms with Gasteiger partial charge in [-0.1, -0.05) is 12.5 Å². The summed E-state index contributed by atoms with van der Waals surface area (Å²) in [4.78, 5) is 7.50. The maximum absolute atomic E-state index is 11.9. The Morgan fingerprint density at radius 3 is 2.90 bits per heavy atom. The van der Waals surface area contributed by atoms with Crippen molar-refractivity contribution in [3.63, 3.8) is 0 Å². The zero-order valence-corrected chi connectivity index (χ0v) is 12.4. The molecule has 1 N–H and O–H groups in total. The number of piperidine rings is 1. The minimum Gasteiger partial charge on any atom is -0.594 e. The molecule has 0 spiro atoms. The number of rotatable bonds is 4. The molecule has 0 atom stereocenters. The lowest BCUT2D eigenvalue weighted by molar-refractivity contribution is -0.641. The normalized spacial score (nSPS) is 16.2. The third-order valence-corrected chi connectivity index (χ3v) is 3.91. The van der Waals surface area contributed by atoms with Gasteiger partial charge in [-0.05, 0) is 49.3 Å². The summed E-state index contributed by atoms with van der Waals surface area (Å²) in [6.07, 6.45) is 3.91. The Labute approximate surface area is 124 Å². The molecule has 6 heteroatoms. The fourth-order valence-corrected chi connectivity index (χ4v) is 2.74. The van der Waals surface area contributed by atoms with Crippen LogP contribution in [0.2, 0.25) is 0 Å². The first-order valence-corrected chi connectivity index (χ1v) is 7.57. The largest absolute Gasteiger partial charge is 0.594 e. The van der Waals surface area contributed by atoms with E-state index in [0.717, 1.165) is 18.7 Å². The average Bonchev–Trinajstić information content (AvgIpc) is 2.48. The second kappa shape index (κ2) is 6.22. The van der Waals surface area contributed by atoms with E-state index in [9.17, 15) is 5.21 Å². The predicted molar refractivity (Wildman–Crippen MR) is 82.0 cm³/mol. The smallest absolute Gasteiger partial charge is 0.290 e. The standard InChI is InChI=1S/C15H21N5O/c1-12-5-6-14-13(11-12)17-15(18-20(14)21)16-7-10-19-8-3-2-4-9-19/h5-6,11H,2-4,7-10H2,1H3,(H,16,17,18). The molecule has 0 bridgehead atoms. The van der Waals surface area contributed by atoms with Crippen LogP contribution in [0.25, 0.3) is 11.0 Å². The van der Waals surface area contributed by atoms with E-state index in [1.165, 1.54) is 32.4 Å². The van der Waals surface area contributed by atoms with E-state index in [0.29, 0.717) is 21.8 Å². The first kappa shape index (κ1) is 14.0. The number of anilines is 1. The van der Waals surface area contributed by atoms with Crippen LogP contribution in [0.15, 0.2) is 18.2 Å². The minimum absolute atomic E-state index is 0.403. The molecule has 1 aliphatic rings. The van der Waals surface area contributed by atoms with Crippen molar-refractivity contribution in [2.24, 2.45) is 0 Å². The van der Waals surface area contributed by atoms with Gasteiger partial charge in [0.05, 0.1) is 5.10 Å². The number of benzene rings is 1. The van der Waals surface area contributed by atoms with Gasteiger partial charge in [0.15, 0.2) is 0 Å². The van der Waals surface area contributed by atoms with Crippen molar-refractivity contribution in [1.29, 1.82) is 0 Å². The third kappa shape index (κ3) is 3.39. The maximum atomic E-state index is 11.9. The van der Waals surface area contributed by atoms with Crippen LogP contribution in [-0.2, 0) is 0 Å². The molecule has 1 aliphatic heterocycles. The molecule has 1 fully saturated rings. The number of likely N-dealkylation sites (tertiary alicyclic amines) is 1. The second-order valence-corrected chi connectivity index (χ2v) is 5.63. The Morgan fingerprint density at radius 2 is 2.10 bits per heavy atom. The van der Waals surface area contributed by atoms with E-state index < -0.39 is 0 Å². The SMILES string of the molecule is Cc1ccc2c(c1)nc(NCCN1CCCCC1)n[n+]2[O-]. The molecule has 6 nitrogen and oxygen atoms in total. The average molecular weight is 287 g/mol. The molecule has 0 saturated carbocycles. The van der Waals surface area contributed by atoms with E-state index in [1.807, 2.05) is 19.1 Å². The highest BCUT2D eigenvalue weighted by Gasteiger charge is 2.12. The fraction of sp³-hybridized carbons (Fsp3) is 0.533. The Hall–Kier alpha value is -1.95. The number of aryl methyl sites for hydroxylation is 1. The van der Waals surface area contributed by atoms with E-state index in [1.54, 1.807) is 6.07 Å². The summed E-state index contributed by atoms with van der Waals surface area (Å²) >= 11 is 0. The Bertz CT molecular complexity index is 625. The van der Waals surface area contributed by atoms with Gasteiger partial charge in [-0.2, -0.15) is 0 Å². The molecule has 0 amide bonds. The summed E-state index contributed by atoms with van der Waals surface area (Å²) in [5, 5.41) is 19.0. The topological polar surface area (TPSA) is 68.0 Å². The van der Waals surface area contributed by atoms with Crippen LogP contribution in [0.1, 0.15) is 24.8 Å². The number of aromatic nitrogens is 3. The molecule has 112 valence electrons. The van der Waals surface area contributed by atoms with Gasteiger partial charge in [0.1, 0.15) is 5.52 Å². The lowest BCUT2D eigenvalue weighted by atomic mass is 10.1. The highest BCUT2D eigenvalue weighted by molar-refractivity contribution is 5.72. The molecule has 2 heterocycles. The molecule has 1 saturated heterocycles. The predicted octanol–water partition coefficient (Wildman–Crippen LogP) is 1.47. The highest BCUT2D eigenvalue weighted by Crippen LogP contribution is 2.11. The van der Waals surface area contributed by atoms with E-state index in [-0.39, 0.29) is 0 Å².